The fourth-order valence-corrected chi connectivity index (χ4v) is 2.41. The topological polar surface area (TPSA) is 104 Å². The molecule has 7 heteroatoms. The Morgan fingerprint density at radius 2 is 2.09 bits per heavy atom. The molecule has 23 heavy (non-hydrogen) atoms. The normalized spacial score (nSPS) is 11.3. The highest BCUT2D eigenvalue weighted by Gasteiger charge is 2.17. The Labute approximate surface area is 131 Å². The van der Waals surface area contributed by atoms with Crippen LogP contribution in [0.1, 0.15) is 25.6 Å². The number of benzene rings is 1. The maximum atomic E-state index is 12.4. The molecule has 0 aliphatic rings. The Morgan fingerprint density at radius 3 is 2.74 bits per heavy atom. The Balaban J connectivity index is 2.26. The third-order valence-electron chi connectivity index (χ3n) is 3.52. The monoisotopic (exact) mass is 312 g/mol. The summed E-state index contributed by atoms with van der Waals surface area (Å²) in [5, 5.41) is 4.67. The maximum absolute atomic E-state index is 12.4. The van der Waals surface area contributed by atoms with Gasteiger partial charge in [0.15, 0.2) is 5.82 Å². The highest BCUT2D eigenvalue weighted by molar-refractivity contribution is 5.93. The largest absolute Gasteiger partial charge is 0.368 e. The molecule has 2 N–H and O–H groups in total. The fraction of sp³-hybridized carbons (Fsp3) is 0.250. The molecule has 7 nitrogen and oxygen atoms in total. The van der Waals surface area contributed by atoms with Crippen LogP contribution in [0.4, 0.5) is 0 Å². The van der Waals surface area contributed by atoms with Gasteiger partial charge in [0.2, 0.25) is 5.91 Å². The maximum Gasteiger partial charge on any atom is 0.258 e. The fourth-order valence-electron chi connectivity index (χ4n) is 2.41. The first kappa shape index (κ1) is 15.0. The lowest BCUT2D eigenvalue weighted by atomic mass is 10.1. The third kappa shape index (κ3) is 2.73. The van der Waals surface area contributed by atoms with Gasteiger partial charge in [-0.3, -0.25) is 14.2 Å². The molecule has 1 aromatic carbocycles. The van der Waals surface area contributed by atoms with E-state index in [0.29, 0.717) is 16.9 Å². The van der Waals surface area contributed by atoms with Crippen molar-refractivity contribution in [3.63, 3.8) is 0 Å². The van der Waals surface area contributed by atoms with Crippen LogP contribution in [0.3, 0.4) is 0 Å². The lowest BCUT2D eigenvalue weighted by Crippen LogP contribution is -2.28. The van der Waals surface area contributed by atoms with Crippen LogP contribution in [0, 0.1) is 0 Å². The molecule has 0 fully saturated rings. The number of primary amides is 1. The molecular formula is C16H16N4O3. The minimum absolute atomic E-state index is 0.119. The van der Waals surface area contributed by atoms with E-state index in [2.05, 4.69) is 10.1 Å². The Kier molecular flexibility index (Phi) is 3.69. The van der Waals surface area contributed by atoms with Gasteiger partial charge in [-0.1, -0.05) is 37.2 Å². The number of pyridine rings is 1. The molecule has 0 unspecified atom stereocenters. The van der Waals surface area contributed by atoms with Crippen LogP contribution in [0.5, 0.6) is 0 Å². The summed E-state index contributed by atoms with van der Waals surface area (Å²) >= 11 is 0. The van der Waals surface area contributed by atoms with Gasteiger partial charge in [-0.05, 0) is 6.07 Å². The number of hydrogen-bond donors (Lipinski definition) is 1. The van der Waals surface area contributed by atoms with Gasteiger partial charge in [-0.25, -0.2) is 0 Å². The molecule has 2 aromatic heterocycles. The number of aromatic nitrogens is 3. The third-order valence-corrected chi connectivity index (χ3v) is 3.52. The quantitative estimate of drug-likeness (QED) is 0.789. The lowest BCUT2D eigenvalue weighted by molar-refractivity contribution is -0.118. The molecule has 2 heterocycles. The zero-order valence-electron chi connectivity index (χ0n) is 12.8. The lowest BCUT2D eigenvalue weighted by Gasteiger charge is -2.10. The van der Waals surface area contributed by atoms with E-state index in [0.717, 1.165) is 5.39 Å². The van der Waals surface area contributed by atoms with Crippen molar-refractivity contribution >= 4 is 16.8 Å². The number of amides is 1. The van der Waals surface area contributed by atoms with E-state index >= 15 is 0 Å². The first-order chi connectivity index (χ1) is 11.0. The van der Waals surface area contributed by atoms with E-state index in [-0.39, 0.29) is 23.9 Å². The van der Waals surface area contributed by atoms with Gasteiger partial charge < -0.3 is 10.3 Å². The SMILES string of the molecule is CC(C)c1noc(-c2cc(=O)n(CC(N)=O)c3ccccc23)n1. The van der Waals surface area contributed by atoms with Crippen LogP contribution in [0.15, 0.2) is 39.6 Å². The van der Waals surface area contributed by atoms with E-state index in [4.69, 9.17) is 10.3 Å². The molecule has 0 aliphatic heterocycles. The Bertz CT molecular complexity index is 940. The number of rotatable bonds is 4. The molecule has 3 aromatic rings. The van der Waals surface area contributed by atoms with E-state index in [1.165, 1.54) is 10.6 Å². The number of carbonyl (C=O) groups excluding carboxylic acids is 1. The second kappa shape index (κ2) is 5.68. The van der Waals surface area contributed by atoms with Crippen molar-refractivity contribution in [2.45, 2.75) is 26.3 Å². The summed E-state index contributed by atoms with van der Waals surface area (Å²) in [6, 6.07) is 8.60. The number of nitrogens with two attached hydrogens (primary N) is 1. The summed E-state index contributed by atoms with van der Waals surface area (Å²) in [5.74, 6) is 0.400. The number of hydrogen-bond acceptors (Lipinski definition) is 5. The van der Waals surface area contributed by atoms with Crippen molar-refractivity contribution < 1.29 is 9.32 Å². The van der Waals surface area contributed by atoms with E-state index < -0.39 is 5.91 Å². The Hall–Kier alpha value is -2.96. The second-order valence-corrected chi connectivity index (χ2v) is 5.58. The van der Waals surface area contributed by atoms with Crippen LogP contribution < -0.4 is 11.3 Å². The van der Waals surface area contributed by atoms with Gasteiger partial charge >= 0.3 is 0 Å². The molecule has 0 saturated carbocycles. The van der Waals surface area contributed by atoms with Crippen molar-refractivity contribution in [2.75, 3.05) is 0 Å². The minimum Gasteiger partial charge on any atom is -0.368 e. The highest BCUT2D eigenvalue weighted by Crippen LogP contribution is 2.26. The van der Waals surface area contributed by atoms with Crippen molar-refractivity contribution in [1.29, 1.82) is 0 Å². The smallest absolute Gasteiger partial charge is 0.258 e. The number of nitrogens with zero attached hydrogens (tertiary/aromatic N) is 3. The predicted octanol–water partition coefficient (Wildman–Crippen LogP) is 1.66. The van der Waals surface area contributed by atoms with Crippen molar-refractivity contribution in [2.24, 2.45) is 5.73 Å². The zero-order valence-corrected chi connectivity index (χ0v) is 12.8. The number of para-hydroxylation sites is 1. The Morgan fingerprint density at radius 1 is 1.35 bits per heavy atom. The molecule has 0 aliphatic carbocycles. The van der Waals surface area contributed by atoms with Gasteiger partial charge in [0, 0.05) is 17.4 Å². The molecule has 118 valence electrons. The summed E-state index contributed by atoms with van der Waals surface area (Å²) in [7, 11) is 0. The van der Waals surface area contributed by atoms with Crippen LogP contribution >= 0.6 is 0 Å². The van der Waals surface area contributed by atoms with Gasteiger partial charge in [0.1, 0.15) is 6.54 Å². The van der Waals surface area contributed by atoms with E-state index in [1.54, 1.807) is 12.1 Å². The first-order valence-electron chi connectivity index (χ1n) is 7.22. The van der Waals surface area contributed by atoms with Crippen LogP contribution in [0.2, 0.25) is 0 Å². The molecule has 0 bridgehead atoms. The van der Waals surface area contributed by atoms with Gasteiger partial charge in [-0.2, -0.15) is 4.98 Å². The van der Waals surface area contributed by atoms with Gasteiger partial charge in [0.25, 0.3) is 11.4 Å². The molecule has 0 saturated heterocycles. The minimum atomic E-state index is -0.579. The van der Waals surface area contributed by atoms with E-state index in [1.807, 2.05) is 26.0 Å². The summed E-state index contributed by atoms with van der Waals surface area (Å²) in [4.78, 5) is 27.9. The molecular weight excluding hydrogens is 296 g/mol. The van der Waals surface area contributed by atoms with Crippen LogP contribution in [-0.4, -0.2) is 20.6 Å². The van der Waals surface area contributed by atoms with Crippen molar-refractivity contribution in [3.05, 3.63) is 46.5 Å². The average molecular weight is 312 g/mol. The molecule has 0 atom stereocenters. The molecule has 0 spiro atoms. The molecule has 0 radical (unpaired) electrons. The van der Waals surface area contributed by atoms with Crippen LogP contribution in [-0.2, 0) is 11.3 Å². The standard InChI is InChI=1S/C16H16N4O3/c1-9(2)15-18-16(23-19-15)11-7-14(22)20(8-13(17)21)12-6-4-3-5-10(11)12/h3-7,9H,8H2,1-2H3,(H2,17,21). The summed E-state index contributed by atoms with van der Waals surface area (Å²) in [6.45, 7) is 3.73. The first-order valence-corrected chi connectivity index (χ1v) is 7.22. The summed E-state index contributed by atoms with van der Waals surface area (Å²) in [6.07, 6.45) is 0. The molecule has 1 amide bonds. The van der Waals surface area contributed by atoms with Gasteiger partial charge in [0.05, 0.1) is 11.1 Å². The average Bonchev–Trinajstić information content (AvgIpc) is 2.99. The summed E-state index contributed by atoms with van der Waals surface area (Å²) in [5.41, 5.74) is 6.03. The van der Waals surface area contributed by atoms with Crippen molar-refractivity contribution in [1.82, 2.24) is 14.7 Å². The van der Waals surface area contributed by atoms with E-state index in [9.17, 15) is 9.59 Å². The number of fused-ring (bicyclic) bond motifs is 1. The second-order valence-electron chi connectivity index (χ2n) is 5.58. The highest BCUT2D eigenvalue weighted by atomic mass is 16.5. The van der Waals surface area contributed by atoms with Crippen molar-refractivity contribution in [3.8, 4) is 11.5 Å². The zero-order chi connectivity index (χ0) is 16.6. The molecule has 3 rings (SSSR count). The van der Waals surface area contributed by atoms with Gasteiger partial charge in [-0.15, -0.1) is 0 Å². The summed E-state index contributed by atoms with van der Waals surface area (Å²) < 4.78 is 6.63. The van der Waals surface area contributed by atoms with Crippen LogP contribution in [0.25, 0.3) is 22.4 Å². The predicted molar refractivity (Wildman–Crippen MR) is 84.8 cm³/mol. The number of carbonyl (C=O) groups is 1.